The van der Waals surface area contributed by atoms with Crippen LogP contribution < -0.4 is 14.8 Å². The number of rotatable bonds is 13. The number of amides is 1. The fourth-order valence-corrected chi connectivity index (χ4v) is 3.85. The summed E-state index contributed by atoms with van der Waals surface area (Å²) in [5, 5.41) is 3.47. The number of carbonyl (C=O) groups excluding carboxylic acids is 1. The van der Waals surface area contributed by atoms with Gasteiger partial charge < -0.3 is 10.1 Å². The van der Waals surface area contributed by atoms with E-state index >= 15 is 0 Å². The normalized spacial score (nSPS) is 11.2. The summed E-state index contributed by atoms with van der Waals surface area (Å²) in [6.45, 7) is 1.24. The average Bonchev–Trinajstić information content (AvgIpc) is 2.72. The van der Waals surface area contributed by atoms with E-state index in [0.717, 1.165) is 25.7 Å². The maximum absolute atomic E-state index is 12.1. The summed E-state index contributed by atoms with van der Waals surface area (Å²) in [4.78, 5) is 12.1. The van der Waals surface area contributed by atoms with Gasteiger partial charge in [0.2, 0.25) is 15.9 Å². The Labute approximate surface area is 177 Å². The van der Waals surface area contributed by atoms with Crippen molar-refractivity contribution in [2.24, 2.45) is 0 Å². The second kappa shape index (κ2) is 12.5. The van der Waals surface area contributed by atoms with Gasteiger partial charge in [0.15, 0.2) is 0 Å². The van der Waals surface area contributed by atoms with Crippen LogP contribution >= 0.6 is 11.6 Å². The molecule has 6 nitrogen and oxygen atoms in total. The van der Waals surface area contributed by atoms with Crippen LogP contribution in [0, 0.1) is 0 Å². The van der Waals surface area contributed by atoms with Crippen LogP contribution in [0.5, 0.6) is 5.75 Å². The lowest BCUT2D eigenvalue weighted by Gasteiger charge is -2.08. The molecule has 0 spiro atoms. The van der Waals surface area contributed by atoms with E-state index < -0.39 is 10.0 Å². The molecule has 0 atom stereocenters. The predicted molar refractivity (Wildman–Crippen MR) is 115 cm³/mol. The first-order chi connectivity index (χ1) is 14.0. The lowest BCUT2D eigenvalue weighted by Crippen LogP contribution is -2.27. The Balaban J connectivity index is 1.46. The van der Waals surface area contributed by atoms with Gasteiger partial charge >= 0.3 is 0 Å². The molecule has 2 aromatic rings. The molecule has 0 aliphatic rings. The predicted octanol–water partition coefficient (Wildman–Crippen LogP) is 3.76. The van der Waals surface area contributed by atoms with Crippen molar-refractivity contribution in [2.75, 3.05) is 19.7 Å². The van der Waals surface area contributed by atoms with Crippen LogP contribution in [-0.2, 0) is 14.8 Å². The third-order valence-corrected chi connectivity index (χ3v) is 5.91. The molecule has 0 unspecified atom stereocenters. The van der Waals surface area contributed by atoms with Gasteiger partial charge in [0.1, 0.15) is 12.4 Å². The van der Waals surface area contributed by atoms with E-state index in [1.165, 1.54) is 0 Å². The first-order valence-electron chi connectivity index (χ1n) is 9.67. The van der Waals surface area contributed by atoms with E-state index in [-0.39, 0.29) is 10.8 Å². The fraction of sp³-hybridized carbons (Fsp3) is 0.381. The minimum Gasteiger partial charge on any atom is -0.492 e. The number of sulfonamides is 1. The molecule has 29 heavy (non-hydrogen) atoms. The van der Waals surface area contributed by atoms with Crippen molar-refractivity contribution in [3.8, 4) is 5.75 Å². The summed E-state index contributed by atoms with van der Waals surface area (Å²) >= 11 is 5.81. The van der Waals surface area contributed by atoms with Gasteiger partial charge in [-0.15, -0.1) is 0 Å². The highest BCUT2D eigenvalue weighted by Gasteiger charge is 2.11. The summed E-state index contributed by atoms with van der Waals surface area (Å²) in [7, 11) is -3.43. The number of nitrogens with one attached hydrogen (secondary N) is 2. The summed E-state index contributed by atoms with van der Waals surface area (Å²) in [6, 6.07) is 15.4. The average molecular weight is 439 g/mol. The maximum Gasteiger partial charge on any atom is 0.240 e. The van der Waals surface area contributed by atoms with Crippen molar-refractivity contribution in [3.05, 3.63) is 59.6 Å². The minimum atomic E-state index is -3.43. The van der Waals surface area contributed by atoms with Gasteiger partial charge in [0.05, 0.1) is 11.4 Å². The van der Waals surface area contributed by atoms with E-state index in [1.807, 2.05) is 0 Å². The molecule has 1 amide bonds. The molecule has 0 fully saturated rings. The van der Waals surface area contributed by atoms with Gasteiger partial charge in [-0.3, -0.25) is 4.79 Å². The summed E-state index contributed by atoms with van der Waals surface area (Å²) in [6.07, 6.45) is 3.71. The van der Waals surface area contributed by atoms with E-state index in [4.69, 9.17) is 16.3 Å². The van der Waals surface area contributed by atoms with Gasteiger partial charge in [-0.05, 0) is 49.2 Å². The molecule has 0 aliphatic carbocycles. The Morgan fingerprint density at radius 2 is 1.59 bits per heavy atom. The quantitative estimate of drug-likeness (QED) is 0.466. The topological polar surface area (TPSA) is 84.5 Å². The highest BCUT2D eigenvalue weighted by molar-refractivity contribution is 7.89. The van der Waals surface area contributed by atoms with Crippen LogP contribution in [0.2, 0.25) is 5.02 Å². The number of ether oxygens (including phenoxy) is 1. The second-order valence-electron chi connectivity index (χ2n) is 6.53. The number of unbranched alkanes of at least 4 members (excludes halogenated alkanes) is 3. The monoisotopic (exact) mass is 438 g/mol. The second-order valence-corrected chi connectivity index (χ2v) is 8.73. The first-order valence-corrected chi connectivity index (χ1v) is 11.5. The van der Waals surface area contributed by atoms with Crippen molar-refractivity contribution in [3.63, 3.8) is 0 Å². The number of benzene rings is 2. The van der Waals surface area contributed by atoms with Crippen molar-refractivity contribution >= 4 is 27.5 Å². The number of hydrogen-bond acceptors (Lipinski definition) is 4. The van der Waals surface area contributed by atoms with Gasteiger partial charge in [-0.2, -0.15) is 0 Å². The standard InChI is InChI=1S/C21H27ClN2O4S/c22-18-11-13-19(14-12-18)28-17-16-23-21(25)10-6-1-2-7-15-24-29(26,27)20-8-4-3-5-9-20/h3-5,8-9,11-14,24H,1-2,6-7,10,15-17H2,(H,23,25). The molecule has 0 heterocycles. The fourth-order valence-electron chi connectivity index (χ4n) is 2.63. The minimum absolute atomic E-state index is 0.00511. The van der Waals surface area contributed by atoms with Gasteiger partial charge in [-0.25, -0.2) is 13.1 Å². The maximum atomic E-state index is 12.1. The van der Waals surface area contributed by atoms with Crippen LogP contribution in [-0.4, -0.2) is 34.0 Å². The molecule has 0 saturated carbocycles. The molecule has 0 radical (unpaired) electrons. The molecular formula is C21H27ClN2O4S. The molecule has 0 aliphatic heterocycles. The molecule has 0 bridgehead atoms. The van der Waals surface area contributed by atoms with Gasteiger partial charge in [-0.1, -0.05) is 42.6 Å². The molecule has 2 N–H and O–H groups in total. The van der Waals surface area contributed by atoms with Gasteiger partial charge in [0, 0.05) is 18.0 Å². The van der Waals surface area contributed by atoms with Crippen LogP contribution in [0.4, 0.5) is 0 Å². The Morgan fingerprint density at radius 1 is 0.897 bits per heavy atom. The molecule has 2 rings (SSSR count). The lowest BCUT2D eigenvalue weighted by atomic mass is 10.1. The van der Waals surface area contributed by atoms with E-state index in [2.05, 4.69) is 10.0 Å². The first kappa shape index (κ1) is 23.2. The van der Waals surface area contributed by atoms with Crippen molar-refractivity contribution < 1.29 is 17.9 Å². The third-order valence-electron chi connectivity index (χ3n) is 4.18. The number of carbonyl (C=O) groups is 1. The van der Waals surface area contributed by atoms with Crippen LogP contribution in [0.15, 0.2) is 59.5 Å². The van der Waals surface area contributed by atoms with Gasteiger partial charge in [0.25, 0.3) is 0 Å². The largest absolute Gasteiger partial charge is 0.492 e. The third kappa shape index (κ3) is 9.30. The van der Waals surface area contributed by atoms with Crippen LogP contribution in [0.3, 0.4) is 0 Å². The van der Waals surface area contributed by atoms with Crippen LogP contribution in [0.1, 0.15) is 32.1 Å². The van der Waals surface area contributed by atoms with Crippen molar-refractivity contribution in [1.29, 1.82) is 0 Å². The van der Waals surface area contributed by atoms with E-state index in [0.29, 0.717) is 36.9 Å². The summed E-state index contributed by atoms with van der Waals surface area (Å²) < 4.78 is 32.2. The molecule has 0 aromatic heterocycles. The van der Waals surface area contributed by atoms with Crippen LogP contribution in [0.25, 0.3) is 0 Å². The molecule has 2 aromatic carbocycles. The molecule has 8 heteroatoms. The molecule has 0 saturated heterocycles. The SMILES string of the molecule is O=C(CCCCCCNS(=O)(=O)c1ccccc1)NCCOc1ccc(Cl)cc1. The van der Waals surface area contributed by atoms with E-state index in [1.54, 1.807) is 54.6 Å². The summed E-state index contributed by atoms with van der Waals surface area (Å²) in [5.74, 6) is 0.709. The number of halogens is 1. The molecular weight excluding hydrogens is 412 g/mol. The number of hydrogen-bond donors (Lipinski definition) is 2. The lowest BCUT2D eigenvalue weighted by molar-refractivity contribution is -0.121. The zero-order valence-electron chi connectivity index (χ0n) is 16.3. The summed E-state index contributed by atoms with van der Waals surface area (Å²) in [5.41, 5.74) is 0. The smallest absolute Gasteiger partial charge is 0.240 e. The Kier molecular flexibility index (Phi) is 9.97. The molecule has 158 valence electrons. The van der Waals surface area contributed by atoms with E-state index in [9.17, 15) is 13.2 Å². The highest BCUT2D eigenvalue weighted by atomic mass is 35.5. The highest BCUT2D eigenvalue weighted by Crippen LogP contribution is 2.15. The Bertz CT molecular complexity index is 843. The van der Waals surface area contributed by atoms with Crippen molar-refractivity contribution in [2.45, 2.75) is 37.0 Å². The zero-order valence-corrected chi connectivity index (χ0v) is 17.8. The Morgan fingerprint density at radius 3 is 2.31 bits per heavy atom. The van der Waals surface area contributed by atoms with Crippen molar-refractivity contribution in [1.82, 2.24) is 10.0 Å². The Hall–Kier alpha value is -2.09. The zero-order chi connectivity index (χ0) is 21.0.